The van der Waals surface area contributed by atoms with Crippen molar-refractivity contribution < 1.29 is 15.0 Å². The van der Waals surface area contributed by atoms with Crippen molar-refractivity contribution in [2.24, 2.45) is 0 Å². The topological polar surface area (TPSA) is 69.6 Å². The third kappa shape index (κ3) is 65.0. The summed E-state index contributed by atoms with van der Waals surface area (Å²) in [6.07, 6.45) is 96.1. The van der Waals surface area contributed by atoms with Gasteiger partial charge in [-0.3, -0.25) is 4.79 Å². The second kappa shape index (κ2) is 68.6. The number of hydrogen-bond acceptors (Lipinski definition) is 3. The van der Waals surface area contributed by atoms with E-state index in [9.17, 15) is 15.0 Å². The molecule has 0 aromatic rings. The summed E-state index contributed by atoms with van der Waals surface area (Å²) >= 11 is 0. The number of amides is 1. The highest BCUT2D eigenvalue weighted by molar-refractivity contribution is 5.76. The molecule has 0 fully saturated rings. The predicted octanol–water partition coefficient (Wildman–Crippen LogP) is 24.1. The molecule has 4 nitrogen and oxygen atoms in total. The lowest BCUT2D eigenvalue weighted by molar-refractivity contribution is -0.123. The summed E-state index contributed by atoms with van der Waals surface area (Å²) in [6, 6.07) is -0.536. The molecule has 0 saturated heterocycles. The van der Waals surface area contributed by atoms with Crippen LogP contribution in [0.25, 0.3) is 0 Å². The van der Waals surface area contributed by atoms with Gasteiger partial charge in [-0.25, -0.2) is 0 Å². The van der Waals surface area contributed by atoms with Crippen LogP contribution in [0.2, 0.25) is 0 Å². The Morgan fingerprint density at radius 1 is 0.325 bits per heavy atom. The molecule has 0 spiro atoms. The molecule has 0 radical (unpaired) electrons. The Balaban J connectivity index is 3.36. The molecule has 2 unspecified atom stereocenters. The number of nitrogens with one attached hydrogen (secondary N) is 1. The summed E-state index contributed by atoms with van der Waals surface area (Å²) in [4.78, 5) is 12.6. The first-order valence-corrected chi connectivity index (χ1v) is 35.3. The number of rotatable bonds is 66. The Labute approximate surface area is 484 Å². The fourth-order valence-corrected chi connectivity index (χ4v) is 11.3. The van der Waals surface area contributed by atoms with Gasteiger partial charge in [0.1, 0.15) is 0 Å². The highest BCUT2D eigenvalue weighted by Crippen LogP contribution is 2.19. The highest BCUT2D eigenvalue weighted by Gasteiger charge is 2.20. The van der Waals surface area contributed by atoms with E-state index in [0.717, 1.165) is 51.4 Å². The van der Waals surface area contributed by atoms with Crippen LogP contribution in [0.4, 0.5) is 0 Å². The van der Waals surface area contributed by atoms with Crippen LogP contribution in [-0.2, 0) is 4.79 Å². The molecule has 4 heteroatoms. The van der Waals surface area contributed by atoms with Gasteiger partial charge in [-0.05, 0) is 51.4 Å². The van der Waals surface area contributed by atoms with E-state index in [0.29, 0.717) is 12.8 Å². The molecule has 0 aromatic heterocycles. The molecule has 2 atom stereocenters. The molecule has 0 aromatic carbocycles. The van der Waals surface area contributed by atoms with Crippen molar-refractivity contribution >= 4 is 5.91 Å². The summed E-state index contributed by atoms with van der Waals surface area (Å²) < 4.78 is 0. The first-order valence-electron chi connectivity index (χ1n) is 35.3. The van der Waals surface area contributed by atoms with Gasteiger partial charge in [0, 0.05) is 6.42 Å². The zero-order valence-corrected chi connectivity index (χ0v) is 52.5. The molecule has 0 aliphatic heterocycles. The summed E-state index contributed by atoms with van der Waals surface area (Å²) in [5, 5.41) is 23.5. The van der Waals surface area contributed by atoms with Crippen molar-refractivity contribution in [3.8, 4) is 0 Å². The minimum absolute atomic E-state index is 0.0220. The van der Waals surface area contributed by atoms with E-state index in [-0.39, 0.29) is 12.5 Å². The molecule has 77 heavy (non-hydrogen) atoms. The Kier molecular flexibility index (Phi) is 67.2. The Morgan fingerprint density at radius 3 is 0.857 bits per heavy atom. The lowest BCUT2D eigenvalue weighted by atomic mass is 10.0. The van der Waals surface area contributed by atoms with Crippen LogP contribution in [0.3, 0.4) is 0 Å². The molecule has 0 rings (SSSR count). The van der Waals surface area contributed by atoms with Gasteiger partial charge in [0.15, 0.2) is 0 Å². The Hall–Kier alpha value is -1.65. The quantitative estimate of drug-likeness (QED) is 0.0420. The molecule has 0 aliphatic carbocycles. The van der Waals surface area contributed by atoms with Crippen LogP contribution in [-0.4, -0.2) is 34.9 Å². The van der Waals surface area contributed by atoms with Gasteiger partial charge in [0.05, 0.1) is 18.8 Å². The van der Waals surface area contributed by atoms with Crippen LogP contribution >= 0.6 is 0 Å². The monoisotopic (exact) mass is 1080 g/mol. The summed E-state index contributed by atoms with van der Waals surface area (Å²) in [5.41, 5.74) is 0. The number of carbonyl (C=O) groups excluding carboxylic acids is 1. The van der Waals surface area contributed by atoms with E-state index in [2.05, 4.69) is 67.8 Å². The van der Waals surface area contributed by atoms with Crippen LogP contribution in [0.1, 0.15) is 393 Å². The molecule has 3 N–H and O–H groups in total. The van der Waals surface area contributed by atoms with Crippen molar-refractivity contribution in [3.63, 3.8) is 0 Å². The standard InChI is InChI=1S/C73H139NO3/c1-3-5-7-9-11-13-15-17-19-21-23-25-27-29-30-31-32-33-34-35-36-37-38-39-40-41-42-43-44-45-47-49-51-53-55-57-59-61-63-65-67-69-73(77)74-71(70-75)72(76)68-66-64-62-60-58-56-54-52-50-48-46-28-26-24-22-20-18-16-14-12-10-8-6-4-2/h5,7,11,13,17,19,23,25,71-72,75-76H,3-4,6,8-10,12,14-16,18,20-22,24,26-70H2,1-2H3,(H,74,77)/b7-5-,13-11-,19-17-,25-23-. The lowest BCUT2D eigenvalue weighted by Crippen LogP contribution is -2.45. The van der Waals surface area contributed by atoms with Crippen LogP contribution in [0.5, 0.6) is 0 Å². The van der Waals surface area contributed by atoms with Crippen LogP contribution < -0.4 is 5.32 Å². The van der Waals surface area contributed by atoms with Gasteiger partial charge >= 0.3 is 0 Å². The third-order valence-electron chi connectivity index (χ3n) is 16.6. The van der Waals surface area contributed by atoms with Gasteiger partial charge in [0.25, 0.3) is 0 Å². The second-order valence-corrected chi connectivity index (χ2v) is 24.3. The zero-order chi connectivity index (χ0) is 55.5. The highest BCUT2D eigenvalue weighted by atomic mass is 16.3. The van der Waals surface area contributed by atoms with Crippen molar-refractivity contribution in [2.45, 2.75) is 405 Å². The van der Waals surface area contributed by atoms with Crippen molar-refractivity contribution in [3.05, 3.63) is 48.6 Å². The van der Waals surface area contributed by atoms with Crippen molar-refractivity contribution in [2.75, 3.05) is 6.61 Å². The molecule has 1 amide bonds. The average molecular weight is 1080 g/mol. The minimum Gasteiger partial charge on any atom is -0.394 e. The maximum absolute atomic E-state index is 12.6. The predicted molar refractivity (Wildman–Crippen MR) is 345 cm³/mol. The summed E-state index contributed by atoms with van der Waals surface area (Å²) in [6.45, 7) is 4.29. The van der Waals surface area contributed by atoms with Crippen LogP contribution in [0.15, 0.2) is 48.6 Å². The second-order valence-electron chi connectivity index (χ2n) is 24.3. The molecular weight excluding hydrogens is 939 g/mol. The molecular formula is C73H139NO3. The summed E-state index contributed by atoms with van der Waals surface area (Å²) in [7, 11) is 0. The van der Waals surface area contributed by atoms with E-state index < -0.39 is 12.1 Å². The maximum atomic E-state index is 12.6. The van der Waals surface area contributed by atoms with E-state index in [1.165, 1.54) is 315 Å². The van der Waals surface area contributed by atoms with Crippen molar-refractivity contribution in [1.82, 2.24) is 5.32 Å². The van der Waals surface area contributed by atoms with Gasteiger partial charge in [0.2, 0.25) is 5.91 Å². The zero-order valence-electron chi connectivity index (χ0n) is 52.5. The number of unbranched alkanes of at least 4 members (excludes halogenated alkanes) is 51. The van der Waals surface area contributed by atoms with Gasteiger partial charge < -0.3 is 15.5 Å². The molecule has 0 saturated carbocycles. The van der Waals surface area contributed by atoms with E-state index in [1.54, 1.807) is 0 Å². The normalized spacial score (nSPS) is 12.9. The van der Waals surface area contributed by atoms with Gasteiger partial charge in [-0.2, -0.15) is 0 Å². The fraction of sp³-hybridized carbons (Fsp3) is 0.877. The van der Waals surface area contributed by atoms with Crippen molar-refractivity contribution in [1.29, 1.82) is 0 Å². The van der Waals surface area contributed by atoms with Gasteiger partial charge in [-0.1, -0.05) is 383 Å². The number of aliphatic hydroxyl groups is 2. The molecule has 454 valence electrons. The number of carbonyl (C=O) groups is 1. The molecule has 0 bridgehead atoms. The average Bonchev–Trinajstić information content (AvgIpc) is 3.43. The maximum Gasteiger partial charge on any atom is 0.220 e. The fourth-order valence-electron chi connectivity index (χ4n) is 11.3. The summed E-state index contributed by atoms with van der Waals surface area (Å²) in [5.74, 6) is -0.0220. The number of hydrogen-bond donors (Lipinski definition) is 3. The van der Waals surface area contributed by atoms with E-state index in [1.807, 2.05) is 0 Å². The van der Waals surface area contributed by atoms with E-state index >= 15 is 0 Å². The smallest absolute Gasteiger partial charge is 0.220 e. The molecule has 0 heterocycles. The first kappa shape index (κ1) is 75.3. The van der Waals surface area contributed by atoms with Gasteiger partial charge in [-0.15, -0.1) is 0 Å². The Morgan fingerprint density at radius 2 is 0.571 bits per heavy atom. The van der Waals surface area contributed by atoms with Crippen LogP contribution in [0, 0.1) is 0 Å². The lowest BCUT2D eigenvalue weighted by Gasteiger charge is -2.22. The minimum atomic E-state index is -0.659. The number of allylic oxidation sites excluding steroid dienone is 8. The first-order chi connectivity index (χ1) is 38.2. The SMILES string of the molecule is CC/C=C\C/C=C\C/C=C\C/C=C\CCCCCCCCCCCCCCCCCCCCCCCCCCCCCCC(=O)NC(CO)C(O)CCCCCCCCCCCCCCCCCCCCCCCCCC. The Bertz CT molecular complexity index is 1220. The molecule has 0 aliphatic rings. The third-order valence-corrected chi connectivity index (χ3v) is 16.6. The number of aliphatic hydroxyl groups excluding tert-OH is 2. The largest absolute Gasteiger partial charge is 0.394 e. The van der Waals surface area contributed by atoms with E-state index in [4.69, 9.17) is 0 Å².